The quantitative estimate of drug-likeness (QED) is 0.143. The number of para-hydroxylation sites is 3. The minimum atomic E-state index is 1.07. The number of rotatable bonds is 9. The predicted octanol–water partition coefficient (Wildman–Crippen LogP) is 19.8. The molecule has 14 rings (SSSR count). The second kappa shape index (κ2) is 17.0. The lowest BCUT2D eigenvalue weighted by Crippen LogP contribution is -2.12. The molecule has 0 radical (unpaired) electrons. The molecule has 5 heteroatoms. The second-order valence-corrected chi connectivity index (χ2v) is 20.3. The van der Waals surface area contributed by atoms with Crippen molar-refractivity contribution in [2.45, 2.75) is 0 Å². The average Bonchev–Trinajstić information content (AvgIpc) is 4.10. The number of hydrogen-bond acceptors (Lipinski definition) is 4. The Morgan fingerprint density at radius 3 is 1.56 bits per heavy atom. The summed E-state index contributed by atoms with van der Waals surface area (Å²) in [5.41, 5.74) is 14.7. The molecule has 334 valence electrons. The molecule has 11 aromatic carbocycles. The van der Waals surface area contributed by atoms with E-state index in [0.29, 0.717) is 0 Å². The van der Waals surface area contributed by atoms with Gasteiger partial charge in [-0.2, -0.15) is 0 Å². The molecule has 14 aromatic rings. The van der Waals surface area contributed by atoms with Gasteiger partial charge in [-0.1, -0.05) is 152 Å². The third kappa shape index (κ3) is 7.08. The van der Waals surface area contributed by atoms with Gasteiger partial charge in [0.05, 0.1) is 16.7 Å². The summed E-state index contributed by atoms with van der Waals surface area (Å²) in [4.78, 5) is 4.83. The topological polar surface area (TPSA) is 11.4 Å². The molecule has 0 saturated carbocycles. The summed E-state index contributed by atoms with van der Waals surface area (Å²) in [6.07, 6.45) is 0. The molecular weight excluding hydrogens is 899 g/mol. The molecule has 0 unspecified atom stereocenters. The SMILES string of the molecule is c1ccc(-c2ccc(N(c3ccc4sc5ccccc5c4c3)c3ccccc3-c3cccc(N(c4ccccc4)c4ccc5c6cc7sc8ccccc8c7cc6n(-c6ccccc6)c5c4)c3)cc2)cc1. The Kier molecular flexibility index (Phi) is 9.90. The van der Waals surface area contributed by atoms with Crippen LogP contribution in [-0.4, -0.2) is 4.57 Å². The van der Waals surface area contributed by atoms with Gasteiger partial charge in [-0.3, -0.25) is 0 Å². The highest BCUT2D eigenvalue weighted by Gasteiger charge is 2.22. The summed E-state index contributed by atoms with van der Waals surface area (Å²) >= 11 is 3.72. The fraction of sp³-hybridized carbons (Fsp3) is 0. The van der Waals surface area contributed by atoms with Gasteiger partial charge in [0.15, 0.2) is 0 Å². The van der Waals surface area contributed by atoms with Crippen LogP contribution >= 0.6 is 22.7 Å². The minimum Gasteiger partial charge on any atom is -0.310 e. The van der Waals surface area contributed by atoms with E-state index in [-0.39, 0.29) is 0 Å². The highest BCUT2D eigenvalue weighted by atomic mass is 32.1. The number of thiophene rings is 2. The number of benzene rings is 11. The number of fused-ring (bicyclic) bond motifs is 9. The van der Waals surface area contributed by atoms with Crippen LogP contribution in [0, 0.1) is 0 Å². The van der Waals surface area contributed by atoms with Crippen molar-refractivity contribution in [1.29, 1.82) is 0 Å². The van der Waals surface area contributed by atoms with E-state index in [2.05, 4.69) is 275 Å². The summed E-state index contributed by atoms with van der Waals surface area (Å²) < 4.78 is 7.66. The molecule has 0 bridgehead atoms. The van der Waals surface area contributed by atoms with Crippen LogP contribution in [0.15, 0.2) is 261 Å². The molecule has 3 nitrogen and oxygen atoms in total. The van der Waals surface area contributed by atoms with Crippen molar-refractivity contribution < 1.29 is 0 Å². The van der Waals surface area contributed by atoms with Gasteiger partial charge in [0.1, 0.15) is 0 Å². The Balaban J connectivity index is 0.934. The first-order chi connectivity index (χ1) is 35.2. The van der Waals surface area contributed by atoms with Crippen molar-refractivity contribution in [3.63, 3.8) is 0 Å². The molecule has 3 heterocycles. The molecule has 0 aliphatic rings. The molecule has 0 aliphatic carbocycles. The first-order valence-electron chi connectivity index (χ1n) is 24.1. The Bertz CT molecular complexity index is 4290. The minimum absolute atomic E-state index is 1.07. The summed E-state index contributed by atoms with van der Waals surface area (Å²) in [5, 5.41) is 7.63. The van der Waals surface area contributed by atoms with Crippen molar-refractivity contribution in [3.05, 3.63) is 261 Å². The van der Waals surface area contributed by atoms with Crippen LogP contribution in [0.1, 0.15) is 0 Å². The van der Waals surface area contributed by atoms with E-state index in [1.165, 1.54) is 67.8 Å². The van der Waals surface area contributed by atoms with Crippen LogP contribution in [-0.2, 0) is 0 Å². The van der Waals surface area contributed by atoms with Gasteiger partial charge in [-0.15, -0.1) is 22.7 Å². The van der Waals surface area contributed by atoms with Crippen LogP contribution in [0.25, 0.3) is 90.1 Å². The van der Waals surface area contributed by atoms with E-state index < -0.39 is 0 Å². The summed E-state index contributed by atoms with van der Waals surface area (Å²) in [5.74, 6) is 0. The Labute approximate surface area is 419 Å². The van der Waals surface area contributed by atoms with E-state index in [4.69, 9.17) is 0 Å². The van der Waals surface area contributed by atoms with Gasteiger partial charge >= 0.3 is 0 Å². The zero-order valence-corrected chi connectivity index (χ0v) is 40.1. The zero-order valence-electron chi connectivity index (χ0n) is 38.5. The van der Waals surface area contributed by atoms with Gasteiger partial charge in [-0.05, 0) is 126 Å². The lowest BCUT2D eigenvalue weighted by Gasteiger charge is -2.29. The number of aromatic nitrogens is 1. The van der Waals surface area contributed by atoms with Crippen LogP contribution < -0.4 is 9.80 Å². The average molecular weight is 942 g/mol. The van der Waals surface area contributed by atoms with Crippen molar-refractivity contribution in [2.75, 3.05) is 9.80 Å². The molecule has 0 amide bonds. The number of nitrogens with zero attached hydrogens (tertiary/aromatic N) is 3. The van der Waals surface area contributed by atoms with Crippen LogP contribution in [0.5, 0.6) is 0 Å². The second-order valence-electron chi connectivity index (χ2n) is 18.1. The lowest BCUT2D eigenvalue weighted by atomic mass is 9.99. The Morgan fingerprint density at radius 2 is 0.789 bits per heavy atom. The first-order valence-corrected chi connectivity index (χ1v) is 25.7. The Hall–Kier alpha value is -8.74. The largest absolute Gasteiger partial charge is 0.310 e. The van der Waals surface area contributed by atoms with Crippen molar-refractivity contribution in [2.24, 2.45) is 0 Å². The van der Waals surface area contributed by atoms with Gasteiger partial charge in [0.25, 0.3) is 0 Å². The summed E-state index contributed by atoms with van der Waals surface area (Å²) in [6, 6.07) is 95.5. The number of hydrogen-bond donors (Lipinski definition) is 0. The van der Waals surface area contributed by atoms with E-state index in [1.807, 2.05) is 22.7 Å². The van der Waals surface area contributed by atoms with E-state index in [9.17, 15) is 0 Å². The molecule has 0 fully saturated rings. The number of anilines is 6. The van der Waals surface area contributed by atoms with Gasteiger partial charge < -0.3 is 14.4 Å². The van der Waals surface area contributed by atoms with Gasteiger partial charge in [-0.25, -0.2) is 0 Å². The third-order valence-corrected chi connectivity index (χ3v) is 16.2. The van der Waals surface area contributed by atoms with Crippen molar-refractivity contribution >= 4 is 119 Å². The van der Waals surface area contributed by atoms with Gasteiger partial charge in [0, 0.05) is 90.8 Å². The summed E-state index contributed by atoms with van der Waals surface area (Å²) in [6.45, 7) is 0. The normalized spacial score (nSPS) is 11.7. The monoisotopic (exact) mass is 941 g/mol. The molecule has 3 aromatic heterocycles. The van der Waals surface area contributed by atoms with E-state index >= 15 is 0 Å². The van der Waals surface area contributed by atoms with Crippen molar-refractivity contribution in [1.82, 2.24) is 4.57 Å². The molecule has 71 heavy (non-hydrogen) atoms. The van der Waals surface area contributed by atoms with Crippen LogP contribution in [0.3, 0.4) is 0 Å². The third-order valence-electron chi connectivity index (χ3n) is 13.9. The smallest absolute Gasteiger partial charge is 0.0561 e. The maximum absolute atomic E-state index is 2.45. The predicted molar refractivity (Wildman–Crippen MR) is 307 cm³/mol. The molecule has 0 N–H and O–H groups in total. The highest BCUT2D eigenvalue weighted by Crippen LogP contribution is 2.47. The van der Waals surface area contributed by atoms with Gasteiger partial charge in [0.2, 0.25) is 0 Å². The van der Waals surface area contributed by atoms with Crippen molar-refractivity contribution in [3.8, 4) is 27.9 Å². The standard InChI is InChI=1S/C66H43N3S2/c1-4-17-44(18-5-1)45-31-33-49(34-32-45)68(51-36-38-65-58(40-51)55-26-11-14-29-63(55)70-65)60-28-13-10-25-53(60)46-19-16-24-50(39-46)67(47-20-6-2-7-21-47)52-35-37-54-57-43-66-59(56-27-12-15-30-64(56)71-66)42-62(57)69(61(54)41-52)48-22-8-3-9-23-48/h1-43H. The lowest BCUT2D eigenvalue weighted by molar-refractivity contribution is 1.18. The Morgan fingerprint density at radius 1 is 0.268 bits per heavy atom. The fourth-order valence-corrected chi connectivity index (χ4v) is 12.9. The van der Waals surface area contributed by atoms with E-state index in [0.717, 1.165) is 56.5 Å². The maximum atomic E-state index is 2.45. The first kappa shape index (κ1) is 41.3. The zero-order chi connectivity index (χ0) is 46.8. The fourth-order valence-electron chi connectivity index (χ4n) is 10.7. The molecule has 0 aliphatic heterocycles. The van der Waals surface area contributed by atoms with Crippen LogP contribution in [0.2, 0.25) is 0 Å². The summed E-state index contributed by atoms with van der Waals surface area (Å²) in [7, 11) is 0. The molecule has 0 atom stereocenters. The highest BCUT2D eigenvalue weighted by molar-refractivity contribution is 7.26. The van der Waals surface area contributed by atoms with Crippen LogP contribution in [0.4, 0.5) is 34.1 Å². The molecular formula is C66H43N3S2. The van der Waals surface area contributed by atoms with E-state index in [1.54, 1.807) is 0 Å². The molecule has 0 saturated heterocycles. The molecule has 0 spiro atoms. The maximum Gasteiger partial charge on any atom is 0.0561 e.